The molecule has 1 aliphatic heterocycles. The van der Waals surface area contributed by atoms with E-state index >= 15 is 0 Å². The van der Waals surface area contributed by atoms with Crippen molar-refractivity contribution in [3.8, 4) is 0 Å². The number of fused-ring (bicyclic) bond motifs is 3. The molecule has 0 spiro atoms. The Morgan fingerprint density at radius 1 is 1.33 bits per heavy atom. The van der Waals surface area contributed by atoms with Gasteiger partial charge in [0.25, 0.3) is 0 Å². The van der Waals surface area contributed by atoms with Gasteiger partial charge in [0.1, 0.15) is 5.60 Å². The molecule has 21 heavy (non-hydrogen) atoms. The summed E-state index contributed by atoms with van der Waals surface area (Å²) in [4.78, 5) is 11.9. The molecule has 1 unspecified atom stereocenters. The van der Waals surface area contributed by atoms with Gasteiger partial charge in [-0.2, -0.15) is 0 Å². The first-order valence-electron chi connectivity index (χ1n) is 7.49. The highest BCUT2D eigenvalue weighted by molar-refractivity contribution is 5.81. The van der Waals surface area contributed by atoms with Gasteiger partial charge in [0.2, 0.25) is 0 Å². The minimum Gasteiger partial charge on any atom is -0.444 e. The van der Waals surface area contributed by atoms with Crippen LogP contribution in [0.2, 0.25) is 0 Å². The van der Waals surface area contributed by atoms with Crippen LogP contribution >= 0.6 is 0 Å². The Morgan fingerprint density at radius 3 is 2.86 bits per heavy atom. The topological polar surface area (TPSA) is 43.3 Å². The zero-order chi connectivity index (χ0) is 15.0. The van der Waals surface area contributed by atoms with E-state index in [4.69, 9.17) is 4.74 Å². The molecule has 4 heteroatoms. The Labute approximate surface area is 125 Å². The highest BCUT2D eigenvalue weighted by atomic mass is 16.6. The van der Waals surface area contributed by atoms with E-state index in [2.05, 4.69) is 40.2 Å². The van der Waals surface area contributed by atoms with Crippen LogP contribution in [-0.2, 0) is 17.7 Å². The first-order valence-corrected chi connectivity index (χ1v) is 7.49. The van der Waals surface area contributed by atoms with Gasteiger partial charge in [-0.15, -0.1) is 0 Å². The number of carbonyl (C=O) groups excluding carboxylic acids is 1. The lowest BCUT2D eigenvalue weighted by molar-refractivity contribution is 0.0493. The molecule has 0 bridgehead atoms. The molecule has 112 valence electrons. The Morgan fingerprint density at radius 2 is 2.10 bits per heavy atom. The predicted molar refractivity (Wildman–Crippen MR) is 83.4 cm³/mol. The predicted octanol–water partition coefficient (Wildman–Crippen LogP) is 3.48. The van der Waals surface area contributed by atoms with Crippen molar-refractivity contribution in [3.63, 3.8) is 0 Å². The smallest absolute Gasteiger partial charge is 0.407 e. The number of hydrogen-bond acceptors (Lipinski definition) is 2. The van der Waals surface area contributed by atoms with Gasteiger partial charge in [0, 0.05) is 17.8 Å². The van der Waals surface area contributed by atoms with Crippen LogP contribution in [0.25, 0.3) is 10.9 Å². The lowest BCUT2D eigenvalue weighted by atomic mass is 10.1. The molecule has 4 nitrogen and oxygen atoms in total. The molecule has 1 aromatic carbocycles. The second kappa shape index (κ2) is 5.10. The second-order valence-electron chi connectivity index (χ2n) is 6.69. The molecule has 0 aliphatic carbocycles. The highest BCUT2D eigenvalue weighted by Crippen LogP contribution is 2.25. The number of nitrogens with zero attached hydrogens (tertiary/aromatic N) is 1. The lowest BCUT2D eigenvalue weighted by Gasteiger charge is -2.28. The number of para-hydroxylation sites is 1. The number of alkyl carbamates (subject to hydrolysis) is 1. The van der Waals surface area contributed by atoms with Crippen molar-refractivity contribution in [2.24, 2.45) is 0 Å². The SMILES string of the molecule is CC(C)(C)OC(=O)NC1CCc2cc3ccccc3n2C1. The summed E-state index contributed by atoms with van der Waals surface area (Å²) in [5.74, 6) is 0. The minimum atomic E-state index is -0.454. The molecule has 0 radical (unpaired) electrons. The van der Waals surface area contributed by atoms with Crippen LogP contribution in [0.1, 0.15) is 32.9 Å². The van der Waals surface area contributed by atoms with Crippen molar-refractivity contribution >= 4 is 17.0 Å². The molecular weight excluding hydrogens is 264 g/mol. The Bertz CT molecular complexity index is 667. The second-order valence-corrected chi connectivity index (χ2v) is 6.69. The van der Waals surface area contributed by atoms with Gasteiger partial charge in [-0.3, -0.25) is 0 Å². The van der Waals surface area contributed by atoms with Crippen LogP contribution in [0.15, 0.2) is 30.3 Å². The number of aryl methyl sites for hydroxylation is 1. The average Bonchev–Trinajstić information content (AvgIpc) is 2.74. The van der Waals surface area contributed by atoms with Gasteiger partial charge in [-0.1, -0.05) is 18.2 Å². The van der Waals surface area contributed by atoms with Crippen LogP contribution in [0.4, 0.5) is 4.79 Å². The third kappa shape index (κ3) is 3.04. The summed E-state index contributed by atoms with van der Waals surface area (Å²) in [6, 6.07) is 10.8. The molecular formula is C17H22N2O2. The summed E-state index contributed by atoms with van der Waals surface area (Å²) in [5, 5.41) is 4.26. The Kier molecular flexibility index (Phi) is 3.40. The summed E-state index contributed by atoms with van der Waals surface area (Å²) in [7, 11) is 0. The molecule has 1 amide bonds. The number of hydrogen-bond donors (Lipinski definition) is 1. The summed E-state index contributed by atoms with van der Waals surface area (Å²) in [6.45, 7) is 6.45. The van der Waals surface area contributed by atoms with Crippen LogP contribution in [0.3, 0.4) is 0 Å². The van der Waals surface area contributed by atoms with E-state index in [1.165, 1.54) is 16.6 Å². The Hall–Kier alpha value is -1.97. The van der Waals surface area contributed by atoms with Crippen molar-refractivity contribution in [2.75, 3.05) is 0 Å². The maximum absolute atomic E-state index is 11.9. The molecule has 1 aromatic heterocycles. The monoisotopic (exact) mass is 286 g/mol. The average molecular weight is 286 g/mol. The largest absolute Gasteiger partial charge is 0.444 e. The lowest BCUT2D eigenvalue weighted by Crippen LogP contribution is -2.43. The zero-order valence-electron chi connectivity index (χ0n) is 12.8. The van der Waals surface area contributed by atoms with Crippen molar-refractivity contribution in [1.82, 2.24) is 9.88 Å². The van der Waals surface area contributed by atoms with E-state index in [0.29, 0.717) is 0 Å². The van der Waals surface area contributed by atoms with Crippen LogP contribution < -0.4 is 5.32 Å². The van der Waals surface area contributed by atoms with Gasteiger partial charge in [-0.25, -0.2) is 4.79 Å². The van der Waals surface area contributed by atoms with Gasteiger partial charge in [0.15, 0.2) is 0 Å². The maximum Gasteiger partial charge on any atom is 0.407 e. The third-order valence-electron chi connectivity index (χ3n) is 3.77. The van der Waals surface area contributed by atoms with E-state index in [-0.39, 0.29) is 12.1 Å². The fourth-order valence-electron chi connectivity index (χ4n) is 2.92. The maximum atomic E-state index is 11.9. The molecule has 0 fully saturated rings. The van der Waals surface area contributed by atoms with Crippen molar-refractivity contribution in [3.05, 3.63) is 36.0 Å². The number of carbonyl (C=O) groups is 1. The van der Waals surface area contributed by atoms with Crippen molar-refractivity contribution in [1.29, 1.82) is 0 Å². The van der Waals surface area contributed by atoms with Crippen LogP contribution in [0.5, 0.6) is 0 Å². The molecule has 1 atom stereocenters. The number of ether oxygens (including phenoxy) is 1. The van der Waals surface area contributed by atoms with Gasteiger partial charge in [-0.05, 0) is 51.1 Å². The highest BCUT2D eigenvalue weighted by Gasteiger charge is 2.24. The summed E-state index contributed by atoms with van der Waals surface area (Å²) in [5.41, 5.74) is 2.13. The number of rotatable bonds is 1. The van der Waals surface area contributed by atoms with E-state index in [0.717, 1.165) is 19.4 Å². The molecule has 0 saturated heterocycles. The minimum absolute atomic E-state index is 0.128. The first-order chi connectivity index (χ1) is 9.92. The van der Waals surface area contributed by atoms with Gasteiger partial charge >= 0.3 is 6.09 Å². The van der Waals surface area contributed by atoms with Crippen LogP contribution in [0, 0.1) is 0 Å². The molecule has 2 heterocycles. The Balaban J connectivity index is 1.74. The van der Waals surface area contributed by atoms with E-state index < -0.39 is 5.60 Å². The van der Waals surface area contributed by atoms with Gasteiger partial charge in [0.05, 0.1) is 6.04 Å². The third-order valence-corrected chi connectivity index (χ3v) is 3.77. The number of nitrogens with one attached hydrogen (secondary N) is 1. The fraction of sp³-hybridized carbons (Fsp3) is 0.471. The van der Waals surface area contributed by atoms with E-state index in [1.807, 2.05) is 20.8 Å². The summed E-state index contributed by atoms with van der Waals surface area (Å²) in [6.07, 6.45) is 1.61. The normalized spacial score (nSPS) is 18.3. The number of benzene rings is 1. The first kappa shape index (κ1) is 14.0. The number of aromatic nitrogens is 1. The standard InChI is InChI=1S/C17H22N2O2/c1-17(2,3)21-16(20)18-13-8-9-14-10-12-6-4-5-7-15(12)19(14)11-13/h4-7,10,13H,8-9,11H2,1-3H3,(H,18,20). The van der Waals surface area contributed by atoms with Crippen molar-refractivity contribution < 1.29 is 9.53 Å². The van der Waals surface area contributed by atoms with E-state index in [1.54, 1.807) is 0 Å². The van der Waals surface area contributed by atoms with E-state index in [9.17, 15) is 4.79 Å². The fourth-order valence-corrected chi connectivity index (χ4v) is 2.92. The molecule has 2 aromatic rings. The molecule has 1 aliphatic rings. The summed E-state index contributed by atoms with van der Waals surface area (Å²) >= 11 is 0. The molecule has 1 N–H and O–H groups in total. The van der Waals surface area contributed by atoms with Crippen molar-refractivity contribution in [2.45, 2.75) is 51.8 Å². The summed E-state index contributed by atoms with van der Waals surface area (Å²) < 4.78 is 7.64. The van der Waals surface area contributed by atoms with Crippen LogP contribution in [-0.4, -0.2) is 22.3 Å². The zero-order valence-corrected chi connectivity index (χ0v) is 12.8. The molecule has 0 saturated carbocycles. The van der Waals surface area contributed by atoms with Gasteiger partial charge < -0.3 is 14.6 Å². The molecule has 3 rings (SSSR count). The quantitative estimate of drug-likeness (QED) is 0.872. The number of amides is 1.